The predicted molar refractivity (Wildman–Crippen MR) is 78.5 cm³/mol. The average molecular weight is 305 g/mol. The molecular weight excluding hydrogens is 278 g/mol. The Labute approximate surface area is 122 Å². The second kappa shape index (κ2) is 7.17. The largest absolute Gasteiger partial charge is 0.378 e. The van der Waals surface area contributed by atoms with Gasteiger partial charge in [-0.25, -0.2) is 12.7 Å². The van der Waals surface area contributed by atoms with E-state index in [9.17, 15) is 8.42 Å². The van der Waals surface area contributed by atoms with Gasteiger partial charge in [0.25, 0.3) is 0 Å². The van der Waals surface area contributed by atoms with E-state index in [1.54, 1.807) is 4.31 Å². The van der Waals surface area contributed by atoms with Gasteiger partial charge in [-0.15, -0.1) is 0 Å². The third-order valence-corrected chi connectivity index (χ3v) is 5.65. The third-order valence-electron chi connectivity index (χ3n) is 4.38. The maximum atomic E-state index is 11.6. The highest BCUT2D eigenvalue weighted by atomic mass is 32.2. The van der Waals surface area contributed by atoms with Crippen LogP contribution in [0.15, 0.2) is 0 Å². The summed E-state index contributed by atoms with van der Waals surface area (Å²) in [6.07, 6.45) is 7.70. The SMILES string of the molecule is CS(=O)(=O)N1CCCC(CC(CC2CCCO2)NN)C1. The molecule has 3 N–H and O–H groups in total. The van der Waals surface area contributed by atoms with Crippen LogP contribution in [0, 0.1) is 5.92 Å². The summed E-state index contributed by atoms with van der Waals surface area (Å²) in [5.74, 6) is 6.04. The molecule has 7 heteroatoms. The second-order valence-electron chi connectivity index (χ2n) is 6.10. The molecule has 20 heavy (non-hydrogen) atoms. The zero-order valence-corrected chi connectivity index (χ0v) is 13.1. The molecule has 0 aromatic heterocycles. The fourth-order valence-corrected chi connectivity index (χ4v) is 4.25. The monoisotopic (exact) mass is 305 g/mol. The van der Waals surface area contributed by atoms with Gasteiger partial charge in [-0.1, -0.05) is 0 Å². The number of hydrazine groups is 1. The topological polar surface area (TPSA) is 84.7 Å². The number of sulfonamides is 1. The number of hydrogen-bond acceptors (Lipinski definition) is 5. The summed E-state index contributed by atoms with van der Waals surface area (Å²) in [6, 6.07) is 0.211. The smallest absolute Gasteiger partial charge is 0.211 e. The van der Waals surface area contributed by atoms with Gasteiger partial charge < -0.3 is 4.74 Å². The minimum atomic E-state index is -3.07. The lowest BCUT2D eigenvalue weighted by Gasteiger charge is -2.33. The van der Waals surface area contributed by atoms with Crippen LogP contribution in [-0.4, -0.2) is 50.8 Å². The molecule has 2 fully saturated rings. The molecule has 0 aromatic carbocycles. The van der Waals surface area contributed by atoms with Gasteiger partial charge in [0.2, 0.25) is 10.0 Å². The Morgan fingerprint density at radius 3 is 2.75 bits per heavy atom. The van der Waals surface area contributed by atoms with Crippen molar-refractivity contribution >= 4 is 10.0 Å². The van der Waals surface area contributed by atoms with Gasteiger partial charge >= 0.3 is 0 Å². The molecule has 0 amide bonds. The first kappa shape index (κ1) is 16.2. The molecule has 6 nitrogen and oxygen atoms in total. The van der Waals surface area contributed by atoms with Crippen LogP contribution in [0.3, 0.4) is 0 Å². The van der Waals surface area contributed by atoms with Crippen LogP contribution in [0.1, 0.15) is 38.5 Å². The van der Waals surface area contributed by atoms with Crippen LogP contribution in [0.4, 0.5) is 0 Å². The molecule has 2 rings (SSSR count). The van der Waals surface area contributed by atoms with E-state index in [4.69, 9.17) is 10.6 Å². The number of piperidine rings is 1. The van der Waals surface area contributed by atoms with E-state index in [0.29, 0.717) is 25.1 Å². The summed E-state index contributed by atoms with van der Waals surface area (Å²) in [6.45, 7) is 2.14. The molecule has 0 bridgehead atoms. The standard InChI is InChI=1S/C13H27N3O3S/c1-20(17,18)16-6-2-4-11(10-16)8-12(15-14)9-13-5-3-7-19-13/h11-13,15H,2-10,14H2,1H3. The Kier molecular flexibility index (Phi) is 5.80. The molecule has 2 heterocycles. The summed E-state index contributed by atoms with van der Waals surface area (Å²) in [4.78, 5) is 0. The lowest BCUT2D eigenvalue weighted by atomic mass is 9.90. The normalized spacial score (nSPS) is 30.5. The minimum absolute atomic E-state index is 0.211. The van der Waals surface area contributed by atoms with Crippen molar-refractivity contribution in [2.45, 2.75) is 50.7 Å². The van der Waals surface area contributed by atoms with E-state index in [2.05, 4.69) is 5.43 Å². The van der Waals surface area contributed by atoms with Gasteiger partial charge in [0.1, 0.15) is 0 Å². The molecule has 2 aliphatic heterocycles. The van der Waals surface area contributed by atoms with Crippen LogP contribution >= 0.6 is 0 Å². The van der Waals surface area contributed by atoms with E-state index < -0.39 is 10.0 Å². The van der Waals surface area contributed by atoms with E-state index >= 15 is 0 Å². The van der Waals surface area contributed by atoms with Crippen LogP contribution in [0.25, 0.3) is 0 Å². The van der Waals surface area contributed by atoms with Gasteiger partial charge in [-0.3, -0.25) is 11.3 Å². The van der Waals surface area contributed by atoms with Crippen molar-refractivity contribution in [2.24, 2.45) is 11.8 Å². The van der Waals surface area contributed by atoms with Gasteiger partial charge in [0, 0.05) is 25.7 Å². The second-order valence-corrected chi connectivity index (χ2v) is 8.08. The van der Waals surface area contributed by atoms with Gasteiger partial charge in [0.15, 0.2) is 0 Å². The highest BCUT2D eigenvalue weighted by Gasteiger charge is 2.29. The fraction of sp³-hybridized carbons (Fsp3) is 1.00. The summed E-state index contributed by atoms with van der Waals surface area (Å²) >= 11 is 0. The first-order valence-corrected chi connectivity index (χ1v) is 9.36. The number of hydrogen-bond donors (Lipinski definition) is 2. The summed E-state index contributed by atoms with van der Waals surface area (Å²) in [5, 5.41) is 0. The van der Waals surface area contributed by atoms with Crippen LogP contribution in [0.2, 0.25) is 0 Å². The number of nitrogens with one attached hydrogen (secondary N) is 1. The van der Waals surface area contributed by atoms with Crippen molar-refractivity contribution in [1.82, 2.24) is 9.73 Å². The Balaban J connectivity index is 1.83. The molecular formula is C13H27N3O3S. The van der Waals surface area contributed by atoms with Crippen molar-refractivity contribution in [3.05, 3.63) is 0 Å². The van der Waals surface area contributed by atoms with Crippen molar-refractivity contribution in [1.29, 1.82) is 0 Å². The highest BCUT2D eigenvalue weighted by Crippen LogP contribution is 2.25. The molecule has 0 spiro atoms. The highest BCUT2D eigenvalue weighted by molar-refractivity contribution is 7.88. The lowest BCUT2D eigenvalue weighted by Crippen LogP contribution is -2.44. The minimum Gasteiger partial charge on any atom is -0.378 e. The number of nitrogens with zero attached hydrogens (tertiary/aromatic N) is 1. The molecule has 2 aliphatic rings. The van der Waals surface area contributed by atoms with E-state index in [0.717, 1.165) is 45.1 Å². The zero-order chi connectivity index (χ0) is 14.6. The Morgan fingerprint density at radius 1 is 1.35 bits per heavy atom. The first-order valence-electron chi connectivity index (χ1n) is 7.52. The quantitative estimate of drug-likeness (QED) is 0.550. The molecule has 2 saturated heterocycles. The van der Waals surface area contributed by atoms with Gasteiger partial charge in [-0.2, -0.15) is 0 Å². The van der Waals surface area contributed by atoms with Crippen molar-refractivity contribution in [3.8, 4) is 0 Å². The van der Waals surface area contributed by atoms with E-state index in [1.807, 2.05) is 0 Å². The Hall–Kier alpha value is -0.210. The average Bonchev–Trinajstić information content (AvgIpc) is 2.90. The zero-order valence-electron chi connectivity index (χ0n) is 12.3. The number of rotatable bonds is 6. The molecule has 3 unspecified atom stereocenters. The van der Waals surface area contributed by atoms with Gasteiger partial charge in [0.05, 0.1) is 12.4 Å². The molecule has 118 valence electrons. The first-order chi connectivity index (χ1) is 9.49. The lowest BCUT2D eigenvalue weighted by molar-refractivity contribution is 0.0895. The summed E-state index contributed by atoms with van der Waals surface area (Å²) in [7, 11) is -3.07. The molecule has 0 aromatic rings. The fourth-order valence-electron chi connectivity index (χ4n) is 3.30. The number of ether oxygens (including phenoxy) is 1. The summed E-state index contributed by atoms with van der Waals surface area (Å²) < 4.78 is 30.5. The molecule has 0 saturated carbocycles. The third kappa shape index (κ3) is 4.66. The van der Waals surface area contributed by atoms with Crippen molar-refractivity contribution < 1.29 is 13.2 Å². The van der Waals surface area contributed by atoms with Crippen LogP contribution < -0.4 is 11.3 Å². The van der Waals surface area contributed by atoms with Crippen LogP contribution in [0.5, 0.6) is 0 Å². The molecule has 3 atom stereocenters. The Morgan fingerprint density at radius 2 is 2.15 bits per heavy atom. The van der Waals surface area contributed by atoms with E-state index in [-0.39, 0.29) is 6.04 Å². The maximum Gasteiger partial charge on any atom is 0.211 e. The van der Waals surface area contributed by atoms with Gasteiger partial charge in [-0.05, 0) is 44.4 Å². The predicted octanol–water partition coefficient (Wildman–Crippen LogP) is 0.449. The summed E-state index contributed by atoms with van der Waals surface area (Å²) in [5.41, 5.74) is 2.88. The molecule has 0 aliphatic carbocycles. The van der Waals surface area contributed by atoms with Crippen molar-refractivity contribution in [2.75, 3.05) is 26.0 Å². The van der Waals surface area contributed by atoms with E-state index in [1.165, 1.54) is 6.26 Å². The molecule has 0 radical (unpaired) electrons. The van der Waals surface area contributed by atoms with Crippen molar-refractivity contribution in [3.63, 3.8) is 0 Å². The maximum absolute atomic E-state index is 11.6. The number of nitrogens with two attached hydrogens (primary N) is 1. The Bertz CT molecular complexity index is 396. The van der Waals surface area contributed by atoms with Crippen LogP contribution in [-0.2, 0) is 14.8 Å².